The number of carbonyl (C=O) groups is 1. The number of carboxylic acid groups (broad SMARTS) is 1. The molecule has 6 heteroatoms. The molecule has 0 aromatic heterocycles. The summed E-state index contributed by atoms with van der Waals surface area (Å²) in [7, 11) is 0. The fourth-order valence-corrected chi connectivity index (χ4v) is 1.37. The van der Waals surface area contributed by atoms with E-state index in [1.165, 1.54) is 24.3 Å². The molecule has 17 heavy (non-hydrogen) atoms. The van der Waals surface area contributed by atoms with E-state index in [1.54, 1.807) is 5.32 Å². The summed E-state index contributed by atoms with van der Waals surface area (Å²) in [6.07, 6.45) is -0.0843. The molecule has 0 aliphatic carbocycles. The molecule has 1 aromatic rings. The van der Waals surface area contributed by atoms with Crippen molar-refractivity contribution in [1.82, 2.24) is 5.32 Å². The van der Waals surface area contributed by atoms with Crippen LogP contribution in [0.25, 0.3) is 0 Å². The van der Waals surface area contributed by atoms with E-state index < -0.39 is 18.1 Å². The van der Waals surface area contributed by atoms with Crippen LogP contribution in [0.2, 0.25) is 0 Å². The summed E-state index contributed by atoms with van der Waals surface area (Å²) >= 11 is 0. The number of alkyl halides is 2. The zero-order chi connectivity index (χ0) is 13.1. The van der Waals surface area contributed by atoms with Gasteiger partial charge in [-0.05, 0) is 24.1 Å². The number of phenols is 1. The van der Waals surface area contributed by atoms with Gasteiger partial charge in [0.2, 0.25) is 0 Å². The SMILES string of the molecule is CC(F)(F)N[C@@H](Cc1ccc(O)cc1)C(=O)O. The van der Waals surface area contributed by atoms with Crippen LogP contribution in [0.15, 0.2) is 24.3 Å². The number of hydrogen-bond donors (Lipinski definition) is 3. The molecule has 0 unspecified atom stereocenters. The molecule has 0 spiro atoms. The van der Waals surface area contributed by atoms with Gasteiger partial charge in [-0.2, -0.15) is 8.78 Å². The summed E-state index contributed by atoms with van der Waals surface area (Å²) in [5.74, 6) is -1.31. The molecule has 0 fully saturated rings. The number of hydrogen-bond acceptors (Lipinski definition) is 3. The van der Waals surface area contributed by atoms with Crippen molar-refractivity contribution in [3.63, 3.8) is 0 Å². The third-order valence-corrected chi connectivity index (χ3v) is 2.10. The van der Waals surface area contributed by atoms with Gasteiger partial charge in [-0.1, -0.05) is 12.1 Å². The number of carboxylic acids is 1. The van der Waals surface area contributed by atoms with Gasteiger partial charge in [-0.3, -0.25) is 4.79 Å². The molecule has 1 rings (SSSR count). The lowest BCUT2D eigenvalue weighted by Gasteiger charge is -2.19. The van der Waals surface area contributed by atoms with Gasteiger partial charge in [-0.25, -0.2) is 5.32 Å². The average Bonchev–Trinajstić information content (AvgIpc) is 2.18. The predicted molar refractivity (Wildman–Crippen MR) is 57.0 cm³/mol. The Kier molecular flexibility index (Phi) is 4.01. The van der Waals surface area contributed by atoms with Crippen molar-refractivity contribution in [3.05, 3.63) is 29.8 Å². The first-order valence-corrected chi connectivity index (χ1v) is 4.94. The molecular formula is C11H13F2NO3. The second kappa shape index (κ2) is 5.09. The zero-order valence-electron chi connectivity index (χ0n) is 9.15. The highest BCUT2D eigenvalue weighted by molar-refractivity contribution is 5.74. The van der Waals surface area contributed by atoms with Gasteiger partial charge < -0.3 is 10.2 Å². The smallest absolute Gasteiger partial charge is 0.321 e. The molecule has 1 aromatic carbocycles. The van der Waals surface area contributed by atoms with E-state index in [0.717, 1.165) is 0 Å². The molecule has 0 saturated heterocycles. The number of rotatable bonds is 5. The van der Waals surface area contributed by atoms with E-state index in [4.69, 9.17) is 10.2 Å². The van der Waals surface area contributed by atoms with Gasteiger partial charge in [0.25, 0.3) is 6.05 Å². The van der Waals surface area contributed by atoms with Crippen molar-refractivity contribution < 1.29 is 23.8 Å². The van der Waals surface area contributed by atoms with Crippen LogP contribution in [-0.4, -0.2) is 28.3 Å². The molecule has 1 atom stereocenters. The van der Waals surface area contributed by atoms with Crippen molar-refractivity contribution >= 4 is 5.97 Å². The maximum absolute atomic E-state index is 12.7. The highest BCUT2D eigenvalue weighted by Crippen LogP contribution is 2.14. The van der Waals surface area contributed by atoms with E-state index in [-0.39, 0.29) is 12.2 Å². The predicted octanol–water partition coefficient (Wildman–Crippen LogP) is 1.59. The van der Waals surface area contributed by atoms with Gasteiger partial charge in [0.15, 0.2) is 0 Å². The minimum Gasteiger partial charge on any atom is -0.508 e. The summed E-state index contributed by atoms with van der Waals surface area (Å²) < 4.78 is 25.4. The molecule has 4 nitrogen and oxygen atoms in total. The van der Waals surface area contributed by atoms with Crippen LogP contribution in [0.1, 0.15) is 12.5 Å². The summed E-state index contributed by atoms with van der Waals surface area (Å²) in [4.78, 5) is 10.8. The Morgan fingerprint density at radius 2 is 1.94 bits per heavy atom. The standard InChI is InChI=1S/C11H13F2NO3/c1-11(12,13)14-9(10(16)17)6-7-2-4-8(15)5-3-7/h2-5,9,14-15H,6H2,1H3,(H,16,17)/t9-/m0/s1. The Morgan fingerprint density at radius 1 is 1.41 bits per heavy atom. The molecule has 3 N–H and O–H groups in total. The topological polar surface area (TPSA) is 69.6 Å². The van der Waals surface area contributed by atoms with Crippen LogP contribution < -0.4 is 5.32 Å². The normalized spacial score (nSPS) is 13.4. The van der Waals surface area contributed by atoms with Crippen LogP contribution in [0, 0.1) is 0 Å². The van der Waals surface area contributed by atoms with Crippen LogP contribution in [-0.2, 0) is 11.2 Å². The third-order valence-electron chi connectivity index (χ3n) is 2.10. The Bertz CT molecular complexity index is 387. The third kappa shape index (κ3) is 4.78. The van der Waals surface area contributed by atoms with Gasteiger partial charge in [0.05, 0.1) is 0 Å². The van der Waals surface area contributed by atoms with E-state index in [1.807, 2.05) is 0 Å². The number of halogens is 2. The molecule has 0 radical (unpaired) electrons. The second-order valence-corrected chi connectivity index (χ2v) is 3.79. The Morgan fingerprint density at radius 3 is 2.35 bits per heavy atom. The van der Waals surface area contributed by atoms with Crippen LogP contribution in [0.5, 0.6) is 5.75 Å². The number of benzene rings is 1. The molecule has 0 aliphatic rings. The summed E-state index contributed by atoms with van der Waals surface area (Å²) in [6.45, 7) is 0.597. The van der Waals surface area contributed by atoms with Crippen molar-refractivity contribution in [1.29, 1.82) is 0 Å². The largest absolute Gasteiger partial charge is 0.508 e. The van der Waals surface area contributed by atoms with E-state index >= 15 is 0 Å². The van der Waals surface area contributed by atoms with Crippen molar-refractivity contribution in [2.75, 3.05) is 0 Å². The second-order valence-electron chi connectivity index (χ2n) is 3.79. The number of nitrogens with one attached hydrogen (secondary N) is 1. The molecule has 0 aliphatic heterocycles. The highest BCUT2D eigenvalue weighted by Gasteiger charge is 2.29. The number of phenolic OH excluding ortho intramolecular Hbond substituents is 1. The lowest BCUT2D eigenvalue weighted by atomic mass is 10.1. The maximum Gasteiger partial charge on any atom is 0.321 e. The van der Waals surface area contributed by atoms with E-state index in [9.17, 15) is 13.6 Å². The zero-order valence-corrected chi connectivity index (χ0v) is 9.15. The van der Waals surface area contributed by atoms with Gasteiger partial charge in [-0.15, -0.1) is 0 Å². The minimum absolute atomic E-state index is 0.0365. The number of aliphatic carboxylic acids is 1. The van der Waals surface area contributed by atoms with E-state index in [0.29, 0.717) is 12.5 Å². The van der Waals surface area contributed by atoms with Gasteiger partial charge in [0, 0.05) is 6.92 Å². The van der Waals surface area contributed by atoms with Crippen molar-refractivity contribution in [2.45, 2.75) is 25.4 Å². The first-order chi connectivity index (χ1) is 7.78. The average molecular weight is 245 g/mol. The maximum atomic E-state index is 12.7. The van der Waals surface area contributed by atoms with Gasteiger partial charge >= 0.3 is 5.97 Å². The quantitative estimate of drug-likeness (QED) is 0.689. The Labute approximate surface area is 96.9 Å². The summed E-state index contributed by atoms with van der Waals surface area (Å²) in [5.41, 5.74) is 0.548. The fraction of sp³-hybridized carbons (Fsp3) is 0.364. The molecule has 0 bridgehead atoms. The van der Waals surface area contributed by atoms with Crippen LogP contribution in [0.3, 0.4) is 0 Å². The van der Waals surface area contributed by atoms with Gasteiger partial charge in [0.1, 0.15) is 11.8 Å². The minimum atomic E-state index is -3.25. The lowest BCUT2D eigenvalue weighted by molar-refractivity contribution is -0.143. The van der Waals surface area contributed by atoms with Crippen LogP contribution in [0.4, 0.5) is 8.78 Å². The van der Waals surface area contributed by atoms with Crippen LogP contribution >= 0.6 is 0 Å². The molecule has 0 heterocycles. The van der Waals surface area contributed by atoms with Crippen molar-refractivity contribution in [2.24, 2.45) is 0 Å². The first-order valence-electron chi connectivity index (χ1n) is 4.94. The molecule has 0 amide bonds. The van der Waals surface area contributed by atoms with E-state index in [2.05, 4.69) is 0 Å². The Hall–Kier alpha value is -1.69. The monoisotopic (exact) mass is 245 g/mol. The summed E-state index contributed by atoms with van der Waals surface area (Å²) in [6, 6.07) is 1.09. The molecule has 0 saturated carbocycles. The fourth-order valence-electron chi connectivity index (χ4n) is 1.37. The summed E-state index contributed by atoms with van der Waals surface area (Å²) in [5, 5.41) is 19.6. The Balaban J connectivity index is 2.73. The molecular weight excluding hydrogens is 232 g/mol. The lowest BCUT2D eigenvalue weighted by Crippen LogP contribution is -2.47. The molecule has 94 valence electrons. The number of aromatic hydroxyl groups is 1. The first kappa shape index (κ1) is 13.4. The highest BCUT2D eigenvalue weighted by atomic mass is 19.3. The van der Waals surface area contributed by atoms with Crippen molar-refractivity contribution in [3.8, 4) is 5.75 Å².